The Morgan fingerprint density at radius 3 is 2.34 bits per heavy atom. The Kier molecular flexibility index (Phi) is 5.93. The highest BCUT2D eigenvalue weighted by Crippen LogP contribution is 2.31. The van der Waals surface area contributed by atoms with Gasteiger partial charge in [0.2, 0.25) is 5.91 Å². The van der Waals surface area contributed by atoms with E-state index in [1.165, 1.54) is 17.9 Å². The average Bonchev–Trinajstić information content (AvgIpc) is 3.26. The van der Waals surface area contributed by atoms with E-state index >= 15 is 0 Å². The van der Waals surface area contributed by atoms with Gasteiger partial charge in [-0.1, -0.05) is 18.2 Å². The molecule has 2 N–H and O–H groups in total. The van der Waals surface area contributed by atoms with E-state index in [1.807, 2.05) is 31.2 Å². The molecule has 160 valence electrons. The Bertz CT molecular complexity index is 1450. The molecule has 0 unspecified atom stereocenters. The number of aromatic nitrogens is 2. The number of aromatic amines is 1. The molecule has 7 heteroatoms. The third-order valence-electron chi connectivity index (χ3n) is 5.68. The summed E-state index contributed by atoms with van der Waals surface area (Å²) < 4.78 is 4.63. The first kappa shape index (κ1) is 21.4. The first-order valence-corrected chi connectivity index (χ1v) is 12.4. The van der Waals surface area contributed by atoms with E-state index in [1.54, 1.807) is 6.21 Å². The van der Waals surface area contributed by atoms with Crippen LogP contribution in [0.15, 0.2) is 65.8 Å². The second-order valence-electron chi connectivity index (χ2n) is 7.73. The monoisotopic (exact) mass is 646 g/mol. The van der Waals surface area contributed by atoms with Crippen molar-refractivity contribution < 1.29 is 4.79 Å². The van der Waals surface area contributed by atoms with Crippen molar-refractivity contribution in [3.05, 3.63) is 79.1 Å². The minimum Gasteiger partial charge on any atom is -0.358 e. The standard InChI is InChI=1S/C25H20I2N4O/c1-15-21(18-4-2-3-5-22(18)29-15)14-28-30-25(32)10-11-31-23-8-6-16(26)12-19(23)20-13-17(27)7-9-24(20)31/h2-9,12-14,29H,10-11H2,1H3,(H,30,32). The Hall–Kier alpha value is -2.40. The number of aryl methyl sites for hydroxylation is 2. The van der Waals surface area contributed by atoms with E-state index in [0.29, 0.717) is 13.0 Å². The van der Waals surface area contributed by atoms with E-state index in [-0.39, 0.29) is 5.91 Å². The molecule has 3 aromatic carbocycles. The second-order valence-corrected chi connectivity index (χ2v) is 10.2. The van der Waals surface area contributed by atoms with Crippen LogP contribution in [0.2, 0.25) is 0 Å². The number of H-pyrrole nitrogens is 1. The quantitative estimate of drug-likeness (QED) is 0.131. The lowest BCUT2D eigenvalue weighted by Gasteiger charge is -2.07. The number of amides is 1. The molecule has 2 heterocycles. The molecule has 2 aromatic heterocycles. The molecule has 0 fully saturated rings. The summed E-state index contributed by atoms with van der Waals surface area (Å²) in [4.78, 5) is 15.9. The summed E-state index contributed by atoms with van der Waals surface area (Å²) in [6.45, 7) is 2.60. The van der Waals surface area contributed by atoms with Crippen LogP contribution in [0.4, 0.5) is 0 Å². The molecule has 32 heavy (non-hydrogen) atoms. The van der Waals surface area contributed by atoms with Gasteiger partial charge in [-0.25, -0.2) is 5.43 Å². The summed E-state index contributed by atoms with van der Waals surface area (Å²) in [7, 11) is 0. The lowest BCUT2D eigenvalue weighted by molar-refractivity contribution is -0.121. The van der Waals surface area contributed by atoms with Crippen LogP contribution < -0.4 is 5.43 Å². The predicted octanol–water partition coefficient (Wildman–Crippen LogP) is 6.33. The first-order chi connectivity index (χ1) is 15.5. The predicted molar refractivity (Wildman–Crippen MR) is 148 cm³/mol. The summed E-state index contributed by atoms with van der Waals surface area (Å²) >= 11 is 4.69. The smallest absolute Gasteiger partial charge is 0.241 e. The number of halogens is 2. The van der Waals surface area contributed by atoms with Gasteiger partial charge in [-0.15, -0.1) is 0 Å². The SMILES string of the molecule is Cc1[nH]c2ccccc2c1C=NNC(=O)CCn1c2ccc(I)cc2c2cc(I)ccc21. The topological polar surface area (TPSA) is 62.2 Å². The fourth-order valence-corrected chi connectivity index (χ4v) is 5.17. The maximum absolute atomic E-state index is 12.5. The van der Waals surface area contributed by atoms with E-state index in [9.17, 15) is 4.79 Å². The number of nitrogens with zero attached hydrogens (tertiary/aromatic N) is 2. The third kappa shape index (κ3) is 4.03. The highest BCUT2D eigenvalue weighted by molar-refractivity contribution is 14.1. The van der Waals surface area contributed by atoms with Crippen molar-refractivity contribution in [3.8, 4) is 0 Å². The van der Waals surface area contributed by atoms with Gasteiger partial charge in [0, 0.05) is 64.1 Å². The number of nitrogens with one attached hydrogen (secondary N) is 2. The third-order valence-corrected chi connectivity index (χ3v) is 7.02. The van der Waals surface area contributed by atoms with Crippen molar-refractivity contribution in [1.82, 2.24) is 15.0 Å². The lowest BCUT2D eigenvalue weighted by atomic mass is 10.1. The average molecular weight is 646 g/mol. The summed E-state index contributed by atoms with van der Waals surface area (Å²) in [6.07, 6.45) is 2.07. The summed E-state index contributed by atoms with van der Waals surface area (Å²) in [5.41, 5.74) is 8.07. The van der Waals surface area contributed by atoms with Crippen LogP contribution in [0, 0.1) is 14.1 Å². The van der Waals surface area contributed by atoms with Crippen LogP contribution >= 0.6 is 45.2 Å². The Balaban J connectivity index is 1.35. The summed E-state index contributed by atoms with van der Waals surface area (Å²) in [5.74, 6) is -0.107. The van der Waals surface area contributed by atoms with Crippen molar-refractivity contribution in [1.29, 1.82) is 0 Å². The van der Waals surface area contributed by atoms with Crippen LogP contribution in [0.1, 0.15) is 17.7 Å². The number of fused-ring (bicyclic) bond motifs is 4. The molecule has 0 aliphatic carbocycles. The molecule has 5 rings (SSSR count). The van der Waals surface area contributed by atoms with Crippen molar-refractivity contribution >= 4 is 90.0 Å². The summed E-state index contributed by atoms with van der Waals surface area (Å²) in [5, 5.41) is 7.75. The molecular formula is C25H20I2N4O. The molecule has 1 amide bonds. The number of hydrogen-bond acceptors (Lipinski definition) is 2. The first-order valence-electron chi connectivity index (χ1n) is 10.3. The van der Waals surface area contributed by atoms with Gasteiger partial charge in [-0.3, -0.25) is 4.79 Å². The molecule has 5 nitrogen and oxygen atoms in total. The molecule has 0 aliphatic rings. The van der Waals surface area contributed by atoms with Crippen molar-refractivity contribution in [3.63, 3.8) is 0 Å². The van der Waals surface area contributed by atoms with Gasteiger partial charge < -0.3 is 9.55 Å². The zero-order chi connectivity index (χ0) is 22.2. The Morgan fingerprint density at radius 2 is 1.66 bits per heavy atom. The zero-order valence-electron chi connectivity index (χ0n) is 17.3. The minimum atomic E-state index is -0.107. The fraction of sp³-hybridized carbons (Fsp3) is 0.120. The van der Waals surface area contributed by atoms with Gasteiger partial charge in [0.05, 0.1) is 6.21 Å². The molecule has 0 saturated carbocycles. The van der Waals surface area contributed by atoms with E-state index in [4.69, 9.17) is 0 Å². The Morgan fingerprint density at radius 1 is 1.00 bits per heavy atom. The van der Waals surface area contributed by atoms with Crippen LogP contribution in [-0.4, -0.2) is 21.7 Å². The number of benzene rings is 3. The van der Waals surface area contributed by atoms with Gasteiger partial charge in [-0.2, -0.15) is 5.10 Å². The van der Waals surface area contributed by atoms with Gasteiger partial charge >= 0.3 is 0 Å². The molecule has 0 spiro atoms. The van der Waals surface area contributed by atoms with Gasteiger partial charge in [0.1, 0.15) is 0 Å². The van der Waals surface area contributed by atoms with Gasteiger partial charge in [0.15, 0.2) is 0 Å². The van der Waals surface area contributed by atoms with Crippen LogP contribution in [0.5, 0.6) is 0 Å². The number of carbonyl (C=O) groups is 1. The van der Waals surface area contributed by atoms with Crippen LogP contribution in [0.25, 0.3) is 32.7 Å². The maximum atomic E-state index is 12.5. The second kappa shape index (κ2) is 8.86. The molecule has 5 aromatic rings. The van der Waals surface area contributed by atoms with Gasteiger partial charge in [0.25, 0.3) is 0 Å². The van der Waals surface area contributed by atoms with Crippen LogP contribution in [-0.2, 0) is 11.3 Å². The Labute approximate surface area is 212 Å². The molecule has 0 saturated heterocycles. The zero-order valence-corrected chi connectivity index (χ0v) is 21.6. The number of rotatable bonds is 5. The lowest BCUT2D eigenvalue weighted by Crippen LogP contribution is -2.19. The van der Waals surface area contributed by atoms with Crippen molar-refractivity contribution in [2.45, 2.75) is 19.9 Å². The maximum Gasteiger partial charge on any atom is 0.241 e. The van der Waals surface area contributed by atoms with E-state index < -0.39 is 0 Å². The summed E-state index contributed by atoms with van der Waals surface area (Å²) in [6, 6.07) is 21.0. The van der Waals surface area contributed by atoms with Crippen LogP contribution in [0.3, 0.4) is 0 Å². The number of para-hydroxylation sites is 1. The minimum absolute atomic E-state index is 0.107. The molecule has 0 atom stereocenters. The van der Waals surface area contributed by atoms with E-state index in [2.05, 4.69) is 102 Å². The number of carbonyl (C=O) groups excluding carboxylic acids is 1. The van der Waals surface area contributed by atoms with Gasteiger partial charge in [-0.05, 0) is 94.6 Å². The normalized spacial score (nSPS) is 11.8. The van der Waals surface area contributed by atoms with Crippen molar-refractivity contribution in [2.24, 2.45) is 5.10 Å². The fourth-order valence-electron chi connectivity index (χ4n) is 4.19. The molecule has 0 aliphatic heterocycles. The largest absolute Gasteiger partial charge is 0.358 e. The van der Waals surface area contributed by atoms with Crippen molar-refractivity contribution in [2.75, 3.05) is 0 Å². The molecule has 0 radical (unpaired) electrons. The van der Waals surface area contributed by atoms with E-state index in [0.717, 1.165) is 33.2 Å². The number of hydrazone groups is 1. The number of hydrogen-bond donors (Lipinski definition) is 2. The molecule has 0 bridgehead atoms. The molecular weight excluding hydrogens is 626 g/mol. The highest BCUT2D eigenvalue weighted by atomic mass is 127. The highest BCUT2D eigenvalue weighted by Gasteiger charge is 2.13.